The smallest absolute Gasteiger partial charge is 0.358 e. The SMILES string of the molecule is CCOC(=O)c1nc(-c2ccccc2N/N=C(\C#N)C(=N)N)[nH]c1C. The van der Waals surface area contributed by atoms with Crippen molar-refractivity contribution in [3.8, 4) is 17.5 Å². The van der Waals surface area contributed by atoms with Gasteiger partial charge in [-0.05, 0) is 26.0 Å². The normalized spacial score (nSPS) is 10.8. The van der Waals surface area contributed by atoms with Gasteiger partial charge in [-0.2, -0.15) is 10.4 Å². The molecule has 0 atom stereocenters. The van der Waals surface area contributed by atoms with E-state index in [1.165, 1.54) is 0 Å². The third-order valence-corrected chi connectivity index (χ3v) is 3.18. The van der Waals surface area contributed by atoms with E-state index in [0.29, 0.717) is 22.8 Å². The van der Waals surface area contributed by atoms with E-state index in [2.05, 4.69) is 20.5 Å². The number of nitrogens with zero attached hydrogens (tertiary/aromatic N) is 3. The predicted molar refractivity (Wildman–Crippen MR) is 93.3 cm³/mol. The Morgan fingerprint density at radius 1 is 1.52 bits per heavy atom. The van der Waals surface area contributed by atoms with Crippen LogP contribution in [0.1, 0.15) is 23.1 Å². The van der Waals surface area contributed by atoms with Crippen LogP contribution in [0.2, 0.25) is 0 Å². The number of para-hydroxylation sites is 1. The summed E-state index contributed by atoms with van der Waals surface area (Å²) < 4.78 is 4.98. The molecule has 25 heavy (non-hydrogen) atoms. The number of nitrogens with one attached hydrogen (secondary N) is 3. The van der Waals surface area contributed by atoms with E-state index in [-0.39, 0.29) is 18.0 Å². The number of nitriles is 1. The summed E-state index contributed by atoms with van der Waals surface area (Å²) in [6, 6.07) is 8.77. The van der Waals surface area contributed by atoms with Gasteiger partial charge in [-0.25, -0.2) is 9.78 Å². The maximum Gasteiger partial charge on any atom is 0.358 e. The van der Waals surface area contributed by atoms with Crippen LogP contribution in [-0.2, 0) is 4.74 Å². The Morgan fingerprint density at radius 3 is 2.88 bits per heavy atom. The maximum atomic E-state index is 11.9. The van der Waals surface area contributed by atoms with Gasteiger partial charge in [0, 0.05) is 11.3 Å². The molecule has 0 unspecified atom stereocenters. The van der Waals surface area contributed by atoms with Crippen molar-refractivity contribution in [2.75, 3.05) is 12.0 Å². The van der Waals surface area contributed by atoms with Crippen LogP contribution in [0.3, 0.4) is 0 Å². The summed E-state index contributed by atoms with van der Waals surface area (Å²) >= 11 is 0. The highest BCUT2D eigenvalue weighted by atomic mass is 16.5. The summed E-state index contributed by atoms with van der Waals surface area (Å²) in [6.07, 6.45) is 0. The molecule has 128 valence electrons. The van der Waals surface area contributed by atoms with Crippen LogP contribution in [0.4, 0.5) is 5.69 Å². The number of carbonyl (C=O) groups excluding carboxylic acids is 1. The molecule has 0 aliphatic rings. The third-order valence-electron chi connectivity index (χ3n) is 3.18. The minimum absolute atomic E-state index is 0.205. The van der Waals surface area contributed by atoms with Gasteiger partial charge in [0.15, 0.2) is 11.5 Å². The molecule has 0 amide bonds. The van der Waals surface area contributed by atoms with E-state index < -0.39 is 11.8 Å². The first-order valence-electron chi connectivity index (χ1n) is 7.39. The molecule has 9 heteroatoms. The summed E-state index contributed by atoms with van der Waals surface area (Å²) in [6.45, 7) is 3.70. The van der Waals surface area contributed by atoms with Crippen molar-refractivity contribution in [2.45, 2.75) is 13.8 Å². The number of aromatic nitrogens is 2. The molecule has 1 aromatic carbocycles. The zero-order valence-corrected chi connectivity index (χ0v) is 13.8. The fourth-order valence-corrected chi connectivity index (χ4v) is 2.03. The first-order valence-corrected chi connectivity index (χ1v) is 7.39. The molecule has 0 aliphatic carbocycles. The predicted octanol–water partition coefficient (Wildman–Crippen LogP) is 1.79. The summed E-state index contributed by atoms with van der Waals surface area (Å²) in [4.78, 5) is 19.2. The molecular weight excluding hydrogens is 322 g/mol. The Labute approximate surface area is 144 Å². The van der Waals surface area contributed by atoms with Crippen LogP contribution in [-0.4, -0.2) is 34.1 Å². The number of carbonyl (C=O) groups is 1. The molecule has 5 N–H and O–H groups in total. The second-order valence-electron chi connectivity index (χ2n) is 4.92. The van der Waals surface area contributed by atoms with Crippen LogP contribution in [0.25, 0.3) is 11.4 Å². The van der Waals surface area contributed by atoms with E-state index >= 15 is 0 Å². The Kier molecular flexibility index (Phi) is 5.47. The van der Waals surface area contributed by atoms with Gasteiger partial charge in [-0.1, -0.05) is 12.1 Å². The largest absolute Gasteiger partial charge is 0.461 e. The lowest BCUT2D eigenvalue weighted by atomic mass is 10.2. The topological polar surface area (TPSA) is 153 Å². The fraction of sp³-hybridized carbons (Fsp3) is 0.188. The number of H-pyrrole nitrogens is 1. The Hall–Kier alpha value is -3.67. The average molecular weight is 339 g/mol. The molecule has 0 saturated carbocycles. The monoisotopic (exact) mass is 339 g/mol. The van der Waals surface area contributed by atoms with Crippen molar-refractivity contribution in [3.05, 3.63) is 35.7 Å². The minimum atomic E-state index is -0.505. The number of hydrazone groups is 1. The summed E-state index contributed by atoms with van der Waals surface area (Å²) in [5.41, 5.74) is 9.66. The second kappa shape index (κ2) is 7.74. The molecule has 2 rings (SSSR count). The van der Waals surface area contributed by atoms with Crippen molar-refractivity contribution < 1.29 is 9.53 Å². The number of aryl methyl sites for hydroxylation is 1. The number of hydrogen-bond donors (Lipinski definition) is 4. The van der Waals surface area contributed by atoms with Gasteiger partial charge < -0.3 is 15.5 Å². The van der Waals surface area contributed by atoms with Crippen molar-refractivity contribution in [3.63, 3.8) is 0 Å². The number of nitrogens with two attached hydrogens (primary N) is 1. The molecule has 9 nitrogen and oxygen atoms in total. The van der Waals surface area contributed by atoms with E-state index in [9.17, 15) is 4.79 Å². The number of hydrogen-bond acceptors (Lipinski definition) is 7. The second-order valence-corrected chi connectivity index (χ2v) is 4.92. The maximum absolute atomic E-state index is 11.9. The first-order chi connectivity index (χ1) is 12.0. The molecule has 0 radical (unpaired) electrons. The van der Waals surface area contributed by atoms with Gasteiger partial charge >= 0.3 is 5.97 Å². The van der Waals surface area contributed by atoms with Crippen LogP contribution in [0.15, 0.2) is 29.4 Å². The lowest BCUT2D eigenvalue weighted by molar-refractivity contribution is 0.0519. The zero-order chi connectivity index (χ0) is 18.4. The van der Waals surface area contributed by atoms with Gasteiger partial charge in [0.1, 0.15) is 11.9 Å². The summed E-state index contributed by atoms with van der Waals surface area (Å²) in [5.74, 6) is -0.500. The van der Waals surface area contributed by atoms with Crippen LogP contribution in [0, 0.1) is 23.7 Å². The highest BCUT2D eigenvalue weighted by molar-refractivity contribution is 6.45. The van der Waals surface area contributed by atoms with Crippen molar-refractivity contribution in [1.29, 1.82) is 10.7 Å². The zero-order valence-electron chi connectivity index (χ0n) is 13.8. The van der Waals surface area contributed by atoms with Crippen LogP contribution >= 0.6 is 0 Å². The van der Waals surface area contributed by atoms with Gasteiger partial charge in [-0.15, -0.1) is 0 Å². The fourth-order valence-electron chi connectivity index (χ4n) is 2.03. The standard InChI is InChI=1S/C16H17N7O2/c1-3-25-16(24)13-9(2)20-15(21-13)10-6-4-5-7-11(10)22-23-12(8-17)14(18)19/h4-7,22H,3H2,1-2H3,(H3,18,19)(H,20,21)/b23-12+. The van der Waals surface area contributed by atoms with E-state index in [1.54, 1.807) is 44.2 Å². The van der Waals surface area contributed by atoms with E-state index in [0.717, 1.165) is 0 Å². The lowest BCUT2D eigenvalue weighted by Gasteiger charge is -2.06. The minimum Gasteiger partial charge on any atom is -0.461 e. The van der Waals surface area contributed by atoms with E-state index in [1.807, 2.05) is 0 Å². The highest BCUT2D eigenvalue weighted by Crippen LogP contribution is 2.26. The number of amidine groups is 1. The molecule has 0 aliphatic heterocycles. The highest BCUT2D eigenvalue weighted by Gasteiger charge is 2.18. The van der Waals surface area contributed by atoms with Crippen molar-refractivity contribution in [1.82, 2.24) is 9.97 Å². The van der Waals surface area contributed by atoms with Crippen molar-refractivity contribution >= 4 is 23.2 Å². The van der Waals surface area contributed by atoms with Gasteiger partial charge in [0.05, 0.1) is 12.3 Å². The van der Waals surface area contributed by atoms with Crippen LogP contribution < -0.4 is 11.2 Å². The number of benzene rings is 1. The number of rotatable bonds is 6. The number of esters is 1. The molecule has 2 aromatic rings. The number of aromatic amines is 1. The number of anilines is 1. The van der Waals surface area contributed by atoms with Crippen LogP contribution in [0.5, 0.6) is 0 Å². The Bertz CT molecular complexity index is 877. The third kappa shape index (κ3) is 4.00. The van der Waals surface area contributed by atoms with Gasteiger partial charge in [-0.3, -0.25) is 10.8 Å². The first kappa shape index (κ1) is 17.7. The van der Waals surface area contributed by atoms with Gasteiger partial charge in [0.25, 0.3) is 0 Å². The molecule has 1 heterocycles. The van der Waals surface area contributed by atoms with E-state index in [4.69, 9.17) is 21.1 Å². The molecular formula is C16H17N7O2. The Balaban J connectivity index is 2.39. The summed E-state index contributed by atoms with van der Waals surface area (Å²) in [5, 5.41) is 20.0. The van der Waals surface area contributed by atoms with Gasteiger partial charge in [0.2, 0.25) is 5.71 Å². The molecule has 0 fully saturated rings. The lowest BCUT2D eigenvalue weighted by Crippen LogP contribution is -2.21. The van der Waals surface area contributed by atoms with Crippen molar-refractivity contribution in [2.24, 2.45) is 10.8 Å². The number of imidazole rings is 1. The average Bonchev–Trinajstić information content (AvgIpc) is 2.97. The quantitative estimate of drug-likeness (QED) is 0.272. The molecule has 0 spiro atoms. The molecule has 0 bridgehead atoms. The number of ether oxygens (including phenoxy) is 1. The molecule has 0 saturated heterocycles. The summed E-state index contributed by atoms with van der Waals surface area (Å²) in [7, 11) is 0. The molecule has 1 aromatic heterocycles. The Morgan fingerprint density at radius 2 is 2.24 bits per heavy atom.